The van der Waals surface area contributed by atoms with Crippen LogP contribution in [0.2, 0.25) is 0 Å². The first-order valence-corrected chi connectivity index (χ1v) is 6.83. The van der Waals surface area contributed by atoms with Crippen LogP contribution in [-0.2, 0) is 16.0 Å². The van der Waals surface area contributed by atoms with Crippen LogP contribution in [0, 0.1) is 6.92 Å². The van der Waals surface area contributed by atoms with Gasteiger partial charge in [0.05, 0.1) is 6.54 Å². The molecular weight excluding hydrogens is 290 g/mol. The largest absolute Gasteiger partial charge is 0.351 e. The fraction of sp³-hybridized carbons (Fsp3) is 0.467. The van der Waals surface area contributed by atoms with Crippen molar-refractivity contribution in [3.8, 4) is 0 Å². The van der Waals surface area contributed by atoms with E-state index in [2.05, 4.69) is 10.6 Å². The minimum atomic E-state index is -0.216. The normalized spacial score (nSPS) is 11.2. The van der Waals surface area contributed by atoms with Gasteiger partial charge in [-0.15, -0.1) is 12.4 Å². The Balaban J connectivity index is 0.00000400. The van der Waals surface area contributed by atoms with Gasteiger partial charge in [-0.3, -0.25) is 9.59 Å². The zero-order valence-electron chi connectivity index (χ0n) is 12.5. The van der Waals surface area contributed by atoms with E-state index in [1.807, 2.05) is 38.1 Å². The number of hydrogen-bond acceptors (Lipinski definition) is 3. The number of benzene rings is 1. The van der Waals surface area contributed by atoms with Crippen molar-refractivity contribution >= 4 is 24.2 Å². The Morgan fingerprint density at radius 1 is 1.19 bits per heavy atom. The van der Waals surface area contributed by atoms with Crippen molar-refractivity contribution in [1.82, 2.24) is 10.6 Å². The maximum Gasteiger partial charge on any atom is 0.239 e. The van der Waals surface area contributed by atoms with Gasteiger partial charge in [0.2, 0.25) is 11.8 Å². The maximum absolute atomic E-state index is 11.6. The molecule has 2 amide bonds. The number of carbonyl (C=O) groups is 2. The van der Waals surface area contributed by atoms with E-state index in [0.29, 0.717) is 19.4 Å². The molecule has 4 N–H and O–H groups in total. The van der Waals surface area contributed by atoms with Crippen LogP contribution < -0.4 is 16.4 Å². The first-order chi connectivity index (χ1) is 9.51. The molecule has 1 aromatic carbocycles. The van der Waals surface area contributed by atoms with E-state index in [4.69, 9.17) is 5.73 Å². The second-order valence-corrected chi connectivity index (χ2v) is 4.97. The molecule has 1 rings (SSSR count). The van der Waals surface area contributed by atoms with Gasteiger partial charge in [0.25, 0.3) is 0 Å². The minimum Gasteiger partial charge on any atom is -0.351 e. The number of carbonyl (C=O) groups excluding carboxylic acids is 2. The number of nitrogens with two attached hydrogens (primary N) is 1. The summed E-state index contributed by atoms with van der Waals surface area (Å²) in [6.07, 6.45) is 1.05. The summed E-state index contributed by atoms with van der Waals surface area (Å²) in [6.45, 7) is 4.22. The Labute approximate surface area is 132 Å². The van der Waals surface area contributed by atoms with Crippen LogP contribution in [0.25, 0.3) is 0 Å². The Hall–Kier alpha value is -1.59. The molecule has 0 aromatic heterocycles. The van der Waals surface area contributed by atoms with Crippen LogP contribution in [0.1, 0.15) is 24.5 Å². The first-order valence-electron chi connectivity index (χ1n) is 6.83. The highest BCUT2D eigenvalue weighted by molar-refractivity contribution is 5.85. The molecule has 1 atom stereocenters. The van der Waals surface area contributed by atoms with Crippen molar-refractivity contribution in [1.29, 1.82) is 0 Å². The second-order valence-electron chi connectivity index (χ2n) is 4.97. The molecule has 21 heavy (non-hydrogen) atoms. The number of hydrogen-bond donors (Lipinski definition) is 3. The third kappa shape index (κ3) is 8.32. The highest BCUT2D eigenvalue weighted by atomic mass is 35.5. The number of aryl methyl sites for hydroxylation is 2. The van der Waals surface area contributed by atoms with Gasteiger partial charge < -0.3 is 16.4 Å². The molecule has 0 aliphatic heterocycles. The first kappa shape index (κ1) is 19.4. The summed E-state index contributed by atoms with van der Waals surface area (Å²) >= 11 is 0. The topological polar surface area (TPSA) is 84.2 Å². The monoisotopic (exact) mass is 313 g/mol. The van der Waals surface area contributed by atoms with E-state index in [9.17, 15) is 9.59 Å². The van der Waals surface area contributed by atoms with Crippen LogP contribution in [0.5, 0.6) is 0 Å². The molecule has 0 fully saturated rings. The summed E-state index contributed by atoms with van der Waals surface area (Å²) < 4.78 is 0. The third-order valence-corrected chi connectivity index (χ3v) is 2.97. The Morgan fingerprint density at radius 2 is 1.81 bits per heavy atom. The molecule has 0 unspecified atom stereocenters. The van der Waals surface area contributed by atoms with Gasteiger partial charge in [-0.2, -0.15) is 0 Å². The van der Waals surface area contributed by atoms with Crippen molar-refractivity contribution in [2.75, 3.05) is 13.1 Å². The van der Waals surface area contributed by atoms with Crippen LogP contribution in [0.4, 0.5) is 0 Å². The van der Waals surface area contributed by atoms with Gasteiger partial charge >= 0.3 is 0 Å². The average molecular weight is 314 g/mol. The molecule has 5 nitrogen and oxygen atoms in total. The number of nitrogens with one attached hydrogen (secondary N) is 2. The molecule has 0 saturated heterocycles. The number of amides is 2. The van der Waals surface area contributed by atoms with E-state index < -0.39 is 0 Å². The van der Waals surface area contributed by atoms with Crippen molar-refractivity contribution in [2.24, 2.45) is 5.73 Å². The summed E-state index contributed by atoms with van der Waals surface area (Å²) in [5.41, 5.74) is 7.71. The molecule has 0 radical (unpaired) electrons. The van der Waals surface area contributed by atoms with Crippen molar-refractivity contribution < 1.29 is 9.59 Å². The predicted molar refractivity (Wildman–Crippen MR) is 86.4 cm³/mol. The van der Waals surface area contributed by atoms with E-state index in [-0.39, 0.29) is 36.8 Å². The van der Waals surface area contributed by atoms with Crippen molar-refractivity contribution in [3.63, 3.8) is 0 Å². The molecule has 0 aliphatic carbocycles. The predicted octanol–water partition coefficient (Wildman–Crippen LogP) is 0.929. The lowest BCUT2D eigenvalue weighted by Crippen LogP contribution is -2.43. The summed E-state index contributed by atoms with van der Waals surface area (Å²) in [5, 5.41) is 5.29. The lowest BCUT2D eigenvalue weighted by molar-refractivity contribution is -0.126. The van der Waals surface area contributed by atoms with E-state index in [1.165, 1.54) is 5.56 Å². The quantitative estimate of drug-likeness (QED) is 0.700. The lowest BCUT2D eigenvalue weighted by Gasteiger charge is -2.11. The molecule has 0 heterocycles. The van der Waals surface area contributed by atoms with Gasteiger partial charge in [0, 0.05) is 19.0 Å². The van der Waals surface area contributed by atoms with Crippen molar-refractivity contribution in [3.05, 3.63) is 35.4 Å². The maximum atomic E-state index is 11.6. The second kappa shape index (κ2) is 10.2. The molecule has 0 saturated carbocycles. The van der Waals surface area contributed by atoms with Crippen LogP contribution in [0.3, 0.4) is 0 Å². The zero-order valence-corrected chi connectivity index (χ0v) is 13.3. The fourth-order valence-electron chi connectivity index (χ4n) is 1.66. The van der Waals surface area contributed by atoms with E-state index in [0.717, 1.165) is 5.56 Å². The molecule has 0 aliphatic rings. The third-order valence-electron chi connectivity index (χ3n) is 2.97. The summed E-state index contributed by atoms with van der Waals surface area (Å²) in [5.74, 6) is -0.340. The molecule has 118 valence electrons. The highest BCUT2D eigenvalue weighted by Crippen LogP contribution is 2.05. The van der Waals surface area contributed by atoms with Crippen LogP contribution in [-0.4, -0.2) is 30.9 Å². The molecule has 0 bridgehead atoms. The van der Waals surface area contributed by atoms with Gasteiger partial charge in [0.1, 0.15) is 0 Å². The van der Waals surface area contributed by atoms with Gasteiger partial charge in [-0.25, -0.2) is 0 Å². The molecule has 1 aromatic rings. The smallest absolute Gasteiger partial charge is 0.239 e. The number of rotatable bonds is 7. The lowest BCUT2D eigenvalue weighted by atomic mass is 10.1. The molecule has 6 heteroatoms. The van der Waals surface area contributed by atoms with Gasteiger partial charge in [-0.05, 0) is 25.8 Å². The zero-order chi connectivity index (χ0) is 15.0. The van der Waals surface area contributed by atoms with Gasteiger partial charge in [0.15, 0.2) is 0 Å². The minimum absolute atomic E-state index is 0. The summed E-state index contributed by atoms with van der Waals surface area (Å²) in [7, 11) is 0. The van der Waals surface area contributed by atoms with Crippen LogP contribution in [0.15, 0.2) is 24.3 Å². The molecular formula is C15H24ClN3O2. The Bertz CT molecular complexity index is 449. The SMILES string of the molecule is Cc1ccc(CCC(=O)NCC(=O)N[C@@H](C)CN)cc1.Cl. The van der Waals surface area contributed by atoms with Crippen LogP contribution >= 0.6 is 12.4 Å². The van der Waals surface area contributed by atoms with Crippen molar-refractivity contribution in [2.45, 2.75) is 32.7 Å². The Kier molecular flexibility index (Phi) is 9.41. The highest BCUT2D eigenvalue weighted by Gasteiger charge is 2.08. The van der Waals surface area contributed by atoms with Gasteiger partial charge in [-0.1, -0.05) is 29.8 Å². The average Bonchev–Trinajstić information content (AvgIpc) is 2.44. The summed E-state index contributed by atoms with van der Waals surface area (Å²) in [4.78, 5) is 23.1. The number of halogens is 1. The van der Waals surface area contributed by atoms with E-state index >= 15 is 0 Å². The van der Waals surface area contributed by atoms with E-state index in [1.54, 1.807) is 0 Å². The summed E-state index contributed by atoms with van der Waals surface area (Å²) in [6, 6.07) is 7.99. The standard InChI is InChI=1S/C15H23N3O2.ClH/c1-11-3-5-13(6-4-11)7-8-14(19)17-10-15(20)18-12(2)9-16;/h3-6,12H,7-10,16H2,1-2H3,(H,17,19)(H,18,20);1H/t12-;/m0./s1. The Morgan fingerprint density at radius 3 is 2.38 bits per heavy atom. The molecule has 0 spiro atoms. The fourth-order valence-corrected chi connectivity index (χ4v) is 1.66.